The molecular weight excluding hydrogens is 290 g/mol. The normalized spacial score (nSPS) is 12.1. The summed E-state index contributed by atoms with van der Waals surface area (Å²) in [7, 11) is 3.07. The lowest BCUT2D eigenvalue weighted by Crippen LogP contribution is -2.09. The second-order valence-corrected chi connectivity index (χ2v) is 5.40. The summed E-state index contributed by atoms with van der Waals surface area (Å²) in [5.41, 5.74) is 3.17. The van der Waals surface area contributed by atoms with E-state index in [0.717, 1.165) is 27.8 Å². The number of fused-ring (bicyclic) bond motifs is 1. The van der Waals surface area contributed by atoms with Crippen LogP contribution in [0.5, 0.6) is 5.75 Å². The predicted molar refractivity (Wildman–Crippen MR) is 89.8 cm³/mol. The molecule has 4 heteroatoms. The molecule has 4 nitrogen and oxygen atoms in total. The van der Waals surface area contributed by atoms with E-state index < -0.39 is 0 Å². The van der Waals surface area contributed by atoms with Crippen LogP contribution in [-0.2, 0) is 9.53 Å². The Labute approximate surface area is 135 Å². The minimum absolute atomic E-state index is 0.0653. The number of aromatic nitrogens is 1. The van der Waals surface area contributed by atoms with Crippen LogP contribution in [0.2, 0.25) is 0 Å². The van der Waals surface area contributed by atoms with Crippen LogP contribution in [0.1, 0.15) is 23.5 Å². The zero-order chi connectivity index (χ0) is 16.2. The van der Waals surface area contributed by atoms with E-state index in [4.69, 9.17) is 9.47 Å². The Morgan fingerprint density at radius 3 is 2.61 bits per heavy atom. The number of hydrogen-bond acceptors (Lipinski definition) is 3. The van der Waals surface area contributed by atoms with Gasteiger partial charge in [-0.2, -0.15) is 0 Å². The van der Waals surface area contributed by atoms with Crippen LogP contribution in [0.4, 0.5) is 0 Å². The molecule has 1 atom stereocenters. The van der Waals surface area contributed by atoms with Crippen molar-refractivity contribution in [2.24, 2.45) is 0 Å². The van der Waals surface area contributed by atoms with Gasteiger partial charge >= 0.3 is 5.97 Å². The first-order valence-corrected chi connectivity index (χ1v) is 7.49. The fourth-order valence-corrected chi connectivity index (χ4v) is 2.88. The van der Waals surface area contributed by atoms with E-state index in [-0.39, 0.29) is 11.9 Å². The smallest absolute Gasteiger partial charge is 0.306 e. The van der Waals surface area contributed by atoms with E-state index in [1.54, 1.807) is 7.11 Å². The Hall–Kier alpha value is -2.75. The number of carbonyl (C=O) groups excluding carboxylic acids is 1. The Balaban J connectivity index is 2.11. The summed E-state index contributed by atoms with van der Waals surface area (Å²) in [6.07, 6.45) is 2.26. The number of carbonyl (C=O) groups is 1. The molecule has 3 rings (SSSR count). The Morgan fingerprint density at radius 1 is 1.13 bits per heavy atom. The van der Waals surface area contributed by atoms with E-state index in [0.29, 0.717) is 6.42 Å². The molecule has 2 aromatic carbocycles. The highest BCUT2D eigenvalue weighted by Gasteiger charge is 2.21. The van der Waals surface area contributed by atoms with Crippen molar-refractivity contribution in [2.45, 2.75) is 12.3 Å². The molecule has 1 aromatic heterocycles. The Bertz CT molecular complexity index is 808. The predicted octanol–water partition coefficient (Wildman–Crippen LogP) is 3.87. The average molecular weight is 309 g/mol. The average Bonchev–Trinajstić information content (AvgIpc) is 3.02. The second kappa shape index (κ2) is 6.57. The summed E-state index contributed by atoms with van der Waals surface area (Å²) < 4.78 is 10.2. The van der Waals surface area contributed by atoms with E-state index in [1.807, 2.05) is 54.7 Å². The van der Waals surface area contributed by atoms with Crippen molar-refractivity contribution in [3.05, 3.63) is 65.9 Å². The van der Waals surface area contributed by atoms with E-state index >= 15 is 0 Å². The maximum Gasteiger partial charge on any atom is 0.306 e. The summed E-state index contributed by atoms with van der Waals surface area (Å²) in [6.45, 7) is 0. The highest BCUT2D eigenvalue weighted by molar-refractivity contribution is 5.86. The molecule has 0 radical (unpaired) electrons. The van der Waals surface area contributed by atoms with Gasteiger partial charge < -0.3 is 14.5 Å². The van der Waals surface area contributed by atoms with Crippen LogP contribution >= 0.6 is 0 Å². The maximum atomic E-state index is 11.9. The highest BCUT2D eigenvalue weighted by atomic mass is 16.5. The number of benzene rings is 2. The summed E-state index contributed by atoms with van der Waals surface area (Å²) in [4.78, 5) is 15.2. The van der Waals surface area contributed by atoms with Gasteiger partial charge in [-0.1, -0.05) is 30.3 Å². The standard InChI is InChI=1S/C19H19NO3/c1-22-14-8-9-18-16(10-14)17(12-20-18)15(11-19(21)23-2)13-6-4-3-5-7-13/h3-10,12,15,20H,11H2,1-2H3/t15-/m1/s1. The molecule has 0 aliphatic carbocycles. The van der Waals surface area contributed by atoms with Gasteiger partial charge in [-0.25, -0.2) is 0 Å². The topological polar surface area (TPSA) is 51.3 Å². The summed E-state index contributed by atoms with van der Waals surface area (Å²) in [6, 6.07) is 15.9. The first kappa shape index (κ1) is 15.2. The number of aromatic amines is 1. The molecule has 0 saturated carbocycles. The summed E-state index contributed by atoms with van der Waals surface area (Å²) in [5.74, 6) is 0.504. The van der Waals surface area contributed by atoms with E-state index in [9.17, 15) is 4.79 Å². The number of methoxy groups -OCH3 is 2. The Kier molecular flexibility index (Phi) is 4.33. The molecule has 0 spiro atoms. The molecule has 0 unspecified atom stereocenters. The van der Waals surface area contributed by atoms with Crippen molar-refractivity contribution in [3.8, 4) is 5.75 Å². The summed E-state index contributed by atoms with van der Waals surface area (Å²) in [5, 5.41) is 1.06. The molecule has 0 fully saturated rings. The zero-order valence-corrected chi connectivity index (χ0v) is 13.2. The third kappa shape index (κ3) is 3.06. The lowest BCUT2D eigenvalue weighted by molar-refractivity contribution is -0.140. The first-order chi connectivity index (χ1) is 11.2. The van der Waals surface area contributed by atoms with Crippen LogP contribution < -0.4 is 4.74 Å². The van der Waals surface area contributed by atoms with Gasteiger partial charge in [-0.05, 0) is 29.3 Å². The third-order valence-electron chi connectivity index (χ3n) is 4.10. The lowest BCUT2D eigenvalue weighted by Gasteiger charge is -2.16. The molecule has 23 heavy (non-hydrogen) atoms. The molecular formula is C19H19NO3. The minimum atomic E-state index is -0.226. The van der Waals surface area contributed by atoms with Crippen molar-refractivity contribution in [1.29, 1.82) is 0 Å². The SMILES string of the molecule is COC(=O)C[C@H](c1ccccc1)c1c[nH]c2ccc(OC)cc12. The fourth-order valence-electron chi connectivity index (χ4n) is 2.88. The minimum Gasteiger partial charge on any atom is -0.497 e. The maximum absolute atomic E-state index is 11.9. The van der Waals surface area contributed by atoms with Gasteiger partial charge in [0.05, 0.1) is 20.6 Å². The number of ether oxygens (including phenoxy) is 2. The van der Waals surface area contributed by atoms with Gasteiger partial charge in [-0.3, -0.25) is 4.79 Å². The van der Waals surface area contributed by atoms with Crippen molar-refractivity contribution in [1.82, 2.24) is 4.98 Å². The molecule has 0 saturated heterocycles. The molecule has 0 aliphatic heterocycles. The molecule has 0 bridgehead atoms. The van der Waals surface area contributed by atoms with Crippen molar-refractivity contribution in [3.63, 3.8) is 0 Å². The molecule has 0 amide bonds. The molecule has 1 heterocycles. The Morgan fingerprint density at radius 2 is 1.91 bits per heavy atom. The molecule has 3 aromatic rings. The molecule has 1 N–H and O–H groups in total. The monoisotopic (exact) mass is 309 g/mol. The number of hydrogen-bond donors (Lipinski definition) is 1. The largest absolute Gasteiger partial charge is 0.497 e. The second-order valence-electron chi connectivity index (χ2n) is 5.40. The van der Waals surface area contributed by atoms with Crippen LogP contribution in [0.3, 0.4) is 0 Å². The fraction of sp³-hybridized carbons (Fsp3) is 0.211. The van der Waals surface area contributed by atoms with Crippen LogP contribution in [0, 0.1) is 0 Å². The lowest BCUT2D eigenvalue weighted by atomic mass is 9.88. The van der Waals surface area contributed by atoms with Gasteiger partial charge in [0, 0.05) is 23.0 Å². The van der Waals surface area contributed by atoms with Crippen LogP contribution in [-0.4, -0.2) is 25.2 Å². The van der Waals surface area contributed by atoms with Crippen molar-refractivity contribution < 1.29 is 14.3 Å². The molecule has 118 valence electrons. The number of nitrogens with one attached hydrogen (secondary N) is 1. The first-order valence-electron chi connectivity index (χ1n) is 7.49. The van der Waals surface area contributed by atoms with Crippen LogP contribution in [0.25, 0.3) is 10.9 Å². The van der Waals surface area contributed by atoms with Gasteiger partial charge in [0.2, 0.25) is 0 Å². The third-order valence-corrected chi connectivity index (χ3v) is 4.10. The number of rotatable bonds is 5. The quantitative estimate of drug-likeness (QED) is 0.728. The zero-order valence-electron chi connectivity index (χ0n) is 13.2. The van der Waals surface area contributed by atoms with Gasteiger partial charge in [0.1, 0.15) is 5.75 Å². The molecule has 0 aliphatic rings. The summed E-state index contributed by atoms with van der Waals surface area (Å²) >= 11 is 0. The van der Waals surface area contributed by atoms with Gasteiger partial charge in [0.15, 0.2) is 0 Å². The van der Waals surface area contributed by atoms with E-state index in [1.165, 1.54) is 7.11 Å². The van der Waals surface area contributed by atoms with E-state index in [2.05, 4.69) is 4.98 Å². The van der Waals surface area contributed by atoms with Gasteiger partial charge in [0.25, 0.3) is 0 Å². The van der Waals surface area contributed by atoms with Crippen molar-refractivity contribution in [2.75, 3.05) is 14.2 Å². The number of esters is 1. The van der Waals surface area contributed by atoms with Gasteiger partial charge in [-0.15, -0.1) is 0 Å². The highest BCUT2D eigenvalue weighted by Crippen LogP contribution is 2.35. The number of H-pyrrole nitrogens is 1. The van der Waals surface area contributed by atoms with Crippen molar-refractivity contribution >= 4 is 16.9 Å². The van der Waals surface area contributed by atoms with Crippen LogP contribution in [0.15, 0.2) is 54.7 Å².